The molecule has 0 N–H and O–H groups in total. The molecule has 0 aromatic heterocycles. The number of carbonyl (C=O) groups is 1. The van der Waals surface area contributed by atoms with Crippen molar-refractivity contribution in [3.05, 3.63) is 0 Å². The van der Waals surface area contributed by atoms with Gasteiger partial charge >= 0.3 is 0 Å². The Morgan fingerprint density at radius 3 is 2.33 bits per heavy atom. The van der Waals surface area contributed by atoms with Crippen LogP contribution >= 0.6 is 0 Å². The van der Waals surface area contributed by atoms with E-state index in [0.717, 1.165) is 13.2 Å². The molecule has 1 rings (SSSR count). The first-order chi connectivity index (χ1) is 5.38. The number of nitrogens with zero attached hydrogens (tertiary/aromatic N) is 2. The lowest BCUT2D eigenvalue weighted by atomic mass is 9.96. The molecule has 0 atom stereocenters. The molecule has 0 radical (unpaired) electrons. The lowest BCUT2D eigenvalue weighted by Gasteiger charge is -2.25. The molecule has 1 aliphatic rings. The van der Waals surface area contributed by atoms with Gasteiger partial charge in [-0.1, -0.05) is 20.8 Å². The predicted octanol–water partition coefficient (Wildman–Crippen LogP) is 0.764. The Morgan fingerprint density at radius 1 is 1.42 bits per heavy atom. The van der Waals surface area contributed by atoms with Gasteiger partial charge in [0.2, 0.25) is 5.91 Å². The fraction of sp³-hybridized carbons (Fsp3) is 0.889. The topological polar surface area (TPSA) is 23.6 Å². The Labute approximate surface area is 74.3 Å². The monoisotopic (exact) mass is 170 g/mol. The van der Waals surface area contributed by atoms with E-state index in [4.69, 9.17) is 0 Å². The molecule has 3 heteroatoms. The van der Waals surface area contributed by atoms with E-state index in [1.165, 1.54) is 0 Å². The average molecular weight is 170 g/mol. The van der Waals surface area contributed by atoms with Gasteiger partial charge in [-0.3, -0.25) is 9.69 Å². The summed E-state index contributed by atoms with van der Waals surface area (Å²) in [4.78, 5) is 15.1. The fourth-order valence-electron chi connectivity index (χ4n) is 1.52. The molecule has 1 aliphatic heterocycles. The zero-order valence-corrected chi connectivity index (χ0v) is 8.42. The van der Waals surface area contributed by atoms with Crippen LogP contribution in [-0.4, -0.2) is 42.5 Å². The van der Waals surface area contributed by atoms with Gasteiger partial charge in [0.1, 0.15) is 0 Å². The van der Waals surface area contributed by atoms with Gasteiger partial charge in [0.15, 0.2) is 0 Å². The molecule has 1 heterocycles. The molecule has 0 aromatic rings. The molecule has 12 heavy (non-hydrogen) atoms. The maximum absolute atomic E-state index is 11.2. The number of likely N-dealkylation sites (N-methyl/N-ethyl adjacent to an activating group) is 1. The van der Waals surface area contributed by atoms with Crippen molar-refractivity contribution in [2.75, 3.05) is 26.8 Å². The van der Waals surface area contributed by atoms with Crippen molar-refractivity contribution in [1.29, 1.82) is 0 Å². The summed E-state index contributed by atoms with van der Waals surface area (Å²) < 4.78 is 0. The number of hydrogen-bond acceptors (Lipinski definition) is 2. The first kappa shape index (κ1) is 9.52. The Hall–Kier alpha value is -0.570. The highest BCUT2D eigenvalue weighted by Gasteiger charge is 2.27. The number of hydrogen-bond donors (Lipinski definition) is 0. The van der Waals surface area contributed by atoms with Gasteiger partial charge < -0.3 is 4.90 Å². The van der Waals surface area contributed by atoms with Crippen molar-refractivity contribution < 1.29 is 4.79 Å². The van der Waals surface area contributed by atoms with Gasteiger partial charge in [-0.2, -0.15) is 0 Å². The molecule has 3 nitrogen and oxygen atoms in total. The Bertz CT molecular complexity index is 183. The highest BCUT2D eigenvalue weighted by Crippen LogP contribution is 2.17. The van der Waals surface area contributed by atoms with Gasteiger partial charge in [-0.05, 0) is 5.41 Å². The molecule has 0 saturated carbocycles. The second-order valence-corrected chi connectivity index (χ2v) is 4.78. The first-order valence-electron chi connectivity index (χ1n) is 4.35. The second kappa shape index (κ2) is 3.05. The smallest absolute Gasteiger partial charge is 0.237 e. The lowest BCUT2D eigenvalue weighted by molar-refractivity contribution is -0.125. The largest absolute Gasteiger partial charge is 0.332 e. The van der Waals surface area contributed by atoms with Crippen molar-refractivity contribution in [3.63, 3.8) is 0 Å². The maximum atomic E-state index is 11.2. The summed E-state index contributed by atoms with van der Waals surface area (Å²) in [5.41, 5.74) is 0.283. The minimum Gasteiger partial charge on any atom is -0.332 e. The number of carbonyl (C=O) groups excluding carboxylic acids is 1. The first-order valence-corrected chi connectivity index (χ1v) is 4.35. The summed E-state index contributed by atoms with van der Waals surface area (Å²) in [7, 11) is 1.85. The Kier molecular flexibility index (Phi) is 2.42. The van der Waals surface area contributed by atoms with Crippen LogP contribution in [-0.2, 0) is 4.79 Å². The third kappa shape index (κ3) is 2.48. The zero-order chi connectivity index (χ0) is 9.35. The quantitative estimate of drug-likeness (QED) is 0.580. The van der Waals surface area contributed by atoms with E-state index in [2.05, 4.69) is 25.7 Å². The van der Waals surface area contributed by atoms with E-state index in [0.29, 0.717) is 6.54 Å². The van der Waals surface area contributed by atoms with E-state index < -0.39 is 0 Å². The molecular formula is C9H18N2O. The van der Waals surface area contributed by atoms with Crippen LogP contribution in [0.5, 0.6) is 0 Å². The minimum atomic E-state index is 0.235. The fourth-order valence-corrected chi connectivity index (χ4v) is 1.52. The van der Waals surface area contributed by atoms with Gasteiger partial charge in [-0.15, -0.1) is 0 Å². The van der Waals surface area contributed by atoms with Gasteiger partial charge in [0.25, 0.3) is 0 Å². The Morgan fingerprint density at radius 2 is 2.00 bits per heavy atom. The van der Waals surface area contributed by atoms with Crippen LogP contribution in [0.4, 0.5) is 0 Å². The van der Waals surface area contributed by atoms with Gasteiger partial charge in [0, 0.05) is 13.6 Å². The van der Waals surface area contributed by atoms with Crippen LogP contribution in [0.15, 0.2) is 0 Å². The Balaban J connectivity index is 2.43. The summed E-state index contributed by atoms with van der Waals surface area (Å²) in [6.45, 7) is 8.94. The van der Waals surface area contributed by atoms with Crippen molar-refractivity contribution in [3.8, 4) is 0 Å². The molecule has 1 fully saturated rings. The molecule has 0 unspecified atom stereocenters. The second-order valence-electron chi connectivity index (χ2n) is 4.78. The number of amides is 1. The maximum Gasteiger partial charge on any atom is 0.237 e. The summed E-state index contributed by atoms with van der Waals surface area (Å²) in [5, 5.41) is 0. The van der Waals surface area contributed by atoms with Crippen LogP contribution in [0.1, 0.15) is 20.8 Å². The molecule has 70 valence electrons. The van der Waals surface area contributed by atoms with Crippen LogP contribution in [0, 0.1) is 5.41 Å². The lowest BCUT2D eigenvalue weighted by Crippen LogP contribution is -2.31. The molecule has 0 bridgehead atoms. The van der Waals surface area contributed by atoms with E-state index in [9.17, 15) is 4.79 Å². The van der Waals surface area contributed by atoms with Gasteiger partial charge in [0.05, 0.1) is 13.2 Å². The third-order valence-electron chi connectivity index (χ3n) is 1.89. The minimum absolute atomic E-state index is 0.235. The summed E-state index contributed by atoms with van der Waals surface area (Å²) in [6.07, 6.45) is 0. The number of rotatable bonds is 1. The van der Waals surface area contributed by atoms with Crippen LogP contribution in [0.3, 0.4) is 0 Å². The molecule has 0 spiro atoms. The highest BCUT2D eigenvalue weighted by molar-refractivity contribution is 5.79. The summed E-state index contributed by atoms with van der Waals surface area (Å²) in [6, 6.07) is 0. The van der Waals surface area contributed by atoms with E-state index in [1.54, 1.807) is 4.90 Å². The van der Waals surface area contributed by atoms with Crippen LogP contribution < -0.4 is 0 Å². The van der Waals surface area contributed by atoms with Gasteiger partial charge in [-0.25, -0.2) is 0 Å². The van der Waals surface area contributed by atoms with Crippen LogP contribution in [0.25, 0.3) is 0 Å². The van der Waals surface area contributed by atoms with Crippen molar-refractivity contribution in [1.82, 2.24) is 9.80 Å². The molecular weight excluding hydrogens is 152 g/mol. The predicted molar refractivity (Wildman–Crippen MR) is 48.7 cm³/mol. The van der Waals surface area contributed by atoms with Crippen LogP contribution in [0.2, 0.25) is 0 Å². The highest BCUT2D eigenvalue weighted by atomic mass is 16.2. The third-order valence-corrected chi connectivity index (χ3v) is 1.89. The molecule has 0 aromatic carbocycles. The van der Waals surface area contributed by atoms with Crippen molar-refractivity contribution in [2.24, 2.45) is 5.41 Å². The standard InChI is InChI=1S/C9H18N2O/c1-9(2,3)6-11-5-8(12)10(4)7-11/h5-7H2,1-4H3. The summed E-state index contributed by atoms with van der Waals surface area (Å²) in [5.74, 6) is 0.235. The van der Waals surface area contributed by atoms with Crippen molar-refractivity contribution in [2.45, 2.75) is 20.8 Å². The normalized spacial score (nSPS) is 20.7. The van der Waals surface area contributed by atoms with E-state index in [1.807, 2.05) is 7.05 Å². The molecule has 1 saturated heterocycles. The van der Waals surface area contributed by atoms with E-state index in [-0.39, 0.29) is 11.3 Å². The molecule has 0 aliphatic carbocycles. The molecule has 1 amide bonds. The summed E-state index contributed by atoms with van der Waals surface area (Å²) >= 11 is 0. The van der Waals surface area contributed by atoms with E-state index >= 15 is 0 Å². The SMILES string of the molecule is CN1CN(CC(C)(C)C)CC1=O. The van der Waals surface area contributed by atoms with Crippen molar-refractivity contribution >= 4 is 5.91 Å². The average Bonchev–Trinajstić information content (AvgIpc) is 2.07. The zero-order valence-electron chi connectivity index (χ0n) is 8.42.